The highest BCUT2D eigenvalue weighted by atomic mass is 15.2. The Labute approximate surface area is 107 Å². The van der Waals surface area contributed by atoms with Crippen LogP contribution in [-0.2, 0) is 0 Å². The Hall–Kier alpha value is -0.0800. The number of likely N-dealkylation sites (tertiary alicyclic amines) is 1. The van der Waals surface area contributed by atoms with Crippen molar-refractivity contribution in [3.05, 3.63) is 0 Å². The van der Waals surface area contributed by atoms with Crippen molar-refractivity contribution in [1.82, 2.24) is 4.90 Å². The van der Waals surface area contributed by atoms with Crippen LogP contribution >= 0.6 is 0 Å². The van der Waals surface area contributed by atoms with Crippen LogP contribution in [0.1, 0.15) is 65.2 Å². The third-order valence-electron chi connectivity index (χ3n) is 4.82. The van der Waals surface area contributed by atoms with E-state index < -0.39 is 0 Å². The molecular weight excluding hydrogens is 208 g/mol. The molecule has 0 bridgehead atoms. The van der Waals surface area contributed by atoms with Crippen molar-refractivity contribution in [2.24, 2.45) is 11.7 Å². The fourth-order valence-electron chi connectivity index (χ4n) is 3.85. The average Bonchev–Trinajstić information content (AvgIpc) is 2.73. The van der Waals surface area contributed by atoms with Crippen LogP contribution in [0.2, 0.25) is 0 Å². The van der Waals surface area contributed by atoms with Crippen LogP contribution in [0.25, 0.3) is 0 Å². The first kappa shape index (κ1) is 13.4. The molecule has 0 aromatic heterocycles. The summed E-state index contributed by atoms with van der Waals surface area (Å²) >= 11 is 0. The predicted molar refractivity (Wildman–Crippen MR) is 74.0 cm³/mol. The molecule has 1 heterocycles. The van der Waals surface area contributed by atoms with Crippen LogP contribution in [-0.4, -0.2) is 29.6 Å². The van der Waals surface area contributed by atoms with Gasteiger partial charge in [0, 0.05) is 18.1 Å². The van der Waals surface area contributed by atoms with Gasteiger partial charge in [0.2, 0.25) is 0 Å². The SMILES string of the molecule is CC(C)C1CCCN1C1CCCCCCC1N. The molecule has 3 atom stereocenters. The fourth-order valence-corrected chi connectivity index (χ4v) is 3.85. The van der Waals surface area contributed by atoms with E-state index in [4.69, 9.17) is 5.73 Å². The summed E-state index contributed by atoms with van der Waals surface area (Å²) in [7, 11) is 0. The lowest BCUT2D eigenvalue weighted by Crippen LogP contribution is -2.51. The summed E-state index contributed by atoms with van der Waals surface area (Å²) < 4.78 is 0. The second-order valence-corrected chi connectivity index (χ2v) is 6.41. The Balaban J connectivity index is 2.01. The Bertz CT molecular complexity index is 227. The van der Waals surface area contributed by atoms with E-state index in [1.165, 1.54) is 57.9 Å². The lowest BCUT2D eigenvalue weighted by atomic mass is 9.90. The summed E-state index contributed by atoms with van der Waals surface area (Å²) in [4.78, 5) is 2.76. The molecule has 1 saturated carbocycles. The second-order valence-electron chi connectivity index (χ2n) is 6.41. The molecule has 0 aromatic carbocycles. The van der Waals surface area contributed by atoms with Crippen LogP contribution in [0.5, 0.6) is 0 Å². The van der Waals surface area contributed by atoms with Crippen LogP contribution < -0.4 is 5.73 Å². The van der Waals surface area contributed by atoms with Gasteiger partial charge < -0.3 is 5.73 Å². The minimum absolute atomic E-state index is 0.426. The number of nitrogens with zero attached hydrogens (tertiary/aromatic N) is 1. The second kappa shape index (κ2) is 6.19. The van der Waals surface area contributed by atoms with Crippen molar-refractivity contribution < 1.29 is 0 Å². The molecule has 0 radical (unpaired) electrons. The summed E-state index contributed by atoms with van der Waals surface area (Å²) in [5, 5.41) is 0. The van der Waals surface area contributed by atoms with E-state index in [0.29, 0.717) is 12.1 Å². The van der Waals surface area contributed by atoms with E-state index in [2.05, 4.69) is 18.7 Å². The minimum atomic E-state index is 0.426. The van der Waals surface area contributed by atoms with Gasteiger partial charge in [-0.3, -0.25) is 4.90 Å². The number of nitrogens with two attached hydrogens (primary N) is 1. The molecule has 0 spiro atoms. The van der Waals surface area contributed by atoms with Gasteiger partial charge >= 0.3 is 0 Å². The lowest BCUT2D eigenvalue weighted by Gasteiger charge is -2.39. The zero-order valence-corrected chi connectivity index (χ0v) is 11.7. The van der Waals surface area contributed by atoms with Gasteiger partial charge in [0.1, 0.15) is 0 Å². The third kappa shape index (κ3) is 3.23. The highest BCUT2D eigenvalue weighted by Gasteiger charge is 2.35. The molecule has 100 valence electrons. The standard InChI is InChI=1S/C15H30N2/c1-12(2)14-10-7-11-17(14)15-9-6-4-3-5-8-13(15)16/h12-15H,3-11,16H2,1-2H3. The maximum absolute atomic E-state index is 6.45. The van der Waals surface area contributed by atoms with E-state index in [0.717, 1.165) is 12.0 Å². The fraction of sp³-hybridized carbons (Fsp3) is 1.00. The molecule has 0 aromatic rings. The average molecular weight is 238 g/mol. The smallest absolute Gasteiger partial charge is 0.0250 e. The quantitative estimate of drug-likeness (QED) is 0.800. The molecular formula is C15H30N2. The summed E-state index contributed by atoms with van der Waals surface area (Å²) in [6.45, 7) is 6.04. The zero-order chi connectivity index (χ0) is 12.3. The topological polar surface area (TPSA) is 29.3 Å². The molecule has 1 aliphatic carbocycles. The van der Waals surface area contributed by atoms with Crippen LogP contribution in [0.15, 0.2) is 0 Å². The molecule has 1 aliphatic heterocycles. The highest BCUT2D eigenvalue weighted by Crippen LogP contribution is 2.30. The van der Waals surface area contributed by atoms with E-state index >= 15 is 0 Å². The third-order valence-corrected chi connectivity index (χ3v) is 4.82. The molecule has 17 heavy (non-hydrogen) atoms. The molecule has 2 nitrogen and oxygen atoms in total. The summed E-state index contributed by atoms with van der Waals surface area (Å²) in [6, 6.07) is 1.89. The molecule has 2 heteroatoms. The van der Waals surface area contributed by atoms with Crippen LogP contribution in [0.3, 0.4) is 0 Å². The molecule has 2 fully saturated rings. The molecule has 1 saturated heterocycles. The van der Waals surface area contributed by atoms with Crippen LogP contribution in [0, 0.1) is 5.92 Å². The van der Waals surface area contributed by atoms with E-state index in [1.54, 1.807) is 0 Å². The first-order chi connectivity index (χ1) is 8.20. The first-order valence-electron chi connectivity index (χ1n) is 7.71. The maximum Gasteiger partial charge on any atom is 0.0250 e. The van der Waals surface area contributed by atoms with Gasteiger partial charge in [-0.1, -0.05) is 39.5 Å². The van der Waals surface area contributed by atoms with E-state index in [1.807, 2.05) is 0 Å². The minimum Gasteiger partial charge on any atom is -0.326 e. The normalized spacial score (nSPS) is 37.1. The molecule has 2 rings (SSSR count). The summed E-state index contributed by atoms with van der Waals surface area (Å²) in [6.07, 6.45) is 10.9. The van der Waals surface area contributed by atoms with Crippen molar-refractivity contribution in [2.45, 2.75) is 83.3 Å². The molecule has 2 N–H and O–H groups in total. The monoisotopic (exact) mass is 238 g/mol. The van der Waals surface area contributed by atoms with Crippen molar-refractivity contribution in [1.29, 1.82) is 0 Å². The molecule has 0 amide bonds. The maximum atomic E-state index is 6.45. The van der Waals surface area contributed by atoms with Crippen molar-refractivity contribution >= 4 is 0 Å². The molecule has 2 aliphatic rings. The Morgan fingerprint density at radius 1 is 0.941 bits per heavy atom. The van der Waals surface area contributed by atoms with Crippen molar-refractivity contribution in [3.8, 4) is 0 Å². The van der Waals surface area contributed by atoms with Gasteiger partial charge in [0.05, 0.1) is 0 Å². The van der Waals surface area contributed by atoms with Crippen LogP contribution in [0.4, 0.5) is 0 Å². The van der Waals surface area contributed by atoms with E-state index in [-0.39, 0.29) is 0 Å². The lowest BCUT2D eigenvalue weighted by molar-refractivity contribution is 0.110. The predicted octanol–water partition coefficient (Wildman–Crippen LogP) is 3.16. The van der Waals surface area contributed by atoms with Gasteiger partial charge in [-0.05, 0) is 38.1 Å². The van der Waals surface area contributed by atoms with Gasteiger partial charge in [-0.2, -0.15) is 0 Å². The highest BCUT2D eigenvalue weighted by molar-refractivity contribution is 4.91. The van der Waals surface area contributed by atoms with Crippen molar-refractivity contribution in [2.75, 3.05) is 6.54 Å². The zero-order valence-electron chi connectivity index (χ0n) is 11.7. The van der Waals surface area contributed by atoms with Gasteiger partial charge in [0.15, 0.2) is 0 Å². The van der Waals surface area contributed by atoms with E-state index in [9.17, 15) is 0 Å². The summed E-state index contributed by atoms with van der Waals surface area (Å²) in [5.41, 5.74) is 6.45. The van der Waals surface area contributed by atoms with Gasteiger partial charge in [-0.15, -0.1) is 0 Å². The Morgan fingerprint density at radius 3 is 2.35 bits per heavy atom. The van der Waals surface area contributed by atoms with Gasteiger partial charge in [0.25, 0.3) is 0 Å². The Kier molecular flexibility index (Phi) is 4.87. The van der Waals surface area contributed by atoms with Gasteiger partial charge in [-0.25, -0.2) is 0 Å². The first-order valence-corrected chi connectivity index (χ1v) is 7.71. The molecule has 3 unspecified atom stereocenters. The number of rotatable bonds is 2. The summed E-state index contributed by atoms with van der Waals surface area (Å²) in [5.74, 6) is 0.787. The largest absolute Gasteiger partial charge is 0.326 e. The Morgan fingerprint density at radius 2 is 1.65 bits per heavy atom. The number of hydrogen-bond donors (Lipinski definition) is 1. The number of hydrogen-bond acceptors (Lipinski definition) is 2. The van der Waals surface area contributed by atoms with Crippen molar-refractivity contribution in [3.63, 3.8) is 0 Å².